The molecule has 1 aromatic carbocycles. The predicted octanol–water partition coefficient (Wildman–Crippen LogP) is -0.471. The highest BCUT2D eigenvalue weighted by Gasteiger charge is 2.20. The normalized spacial score (nSPS) is 18.3. The van der Waals surface area contributed by atoms with Crippen LogP contribution in [-0.2, 0) is 4.79 Å². The minimum Gasteiger partial charge on any atom is -0.491 e. The van der Waals surface area contributed by atoms with E-state index in [0.29, 0.717) is 13.1 Å². The van der Waals surface area contributed by atoms with Gasteiger partial charge in [-0.25, -0.2) is 0 Å². The summed E-state index contributed by atoms with van der Waals surface area (Å²) in [5.41, 5.74) is 5.18. The van der Waals surface area contributed by atoms with Crippen LogP contribution < -0.4 is 10.5 Å². The van der Waals surface area contributed by atoms with Gasteiger partial charge in [0.2, 0.25) is 5.91 Å². The number of benzene rings is 1. The Labute approximate surface area is 125 Å². The maximum absolute atomic E-state index is 10.9. The molecule has 0 radical (unpaired) electrons. The van der Waals surface area contributed by atoms with Crippen LogP contribution >= 0.6 is 0 Å². The highest BCUT2D eigenvalue weighted by Crippen LogP contribution is 2.09. The van der Waals surface area contributed by atoms with Crippen LogP contribution in [0.15, 0.2) is 30.3 Å². The van der Waals surface area contributed by atoms with E-state index in [2.05, 4.69) is 4.90 Å². The van der Waals surface area contributed by atoms with Gasteiger partial charge in [-0.1, -0.05) is 18.2 Å². The molecule has 0 unspecified atom stereocenters. The van der Waals surface area contributed by atoms with Gasteiger partial charge in [0, 0.05) is 32.7 Å². The molecule has 21 heavy (non-hydrogen) atoms. The summed E-state index contributed by atoms with van der Waals surface area (Å²) in [6.45, 7) is 4.44. The Morgan fingerprint density at radius 3 is 2.43 bits per heavy atom. The fourth-order valence-corrected chi connectivity index (χ4v) is 2.41. The molecule has 1 atom stereocenters. The van der Waals surface area contributed by atoms with Crippen LogP contribution in [0.3, 0.4) is 0 Å². The first-order chi connectivity index (χ1) is 10.1. The van der Waals surface area contributed by atoms with Crippen LogP contribution in [0.25, 0.3) is 0 Å². The first-order valence-electron chi connectivity index (χ1n) is 7.22. The lowest BCUT2D eigenvalue weighted by Crippen LogP contribution is -2.50. The van der Waals surface area contributed by atoms with Gasteiger partial charge in [0.1, 0.15) is 18.5 Å². The highest BCUT2D eigenvalue weighted by atomic mass is 16.5. The molecule has 0 aromatic heterocycles. The summed E-state index contributed by atoms with van der Waals surface area (Å²) in [6, 6.07) is 9.47. The van der Waals surface area contributed by atoms with E-state index >= 15 is 0 Å². The Balaban J connectivity index is 1.65. The number of β-amino-alcohol motifs (C(OH)–C–C–N with tert-alkyl or cyclic N) is 1. The third-order valence-electron chi connectivity index (χ3n) is 3.50. The monoisotopic (exact) mass is 293 g/mol. The lowest BCUT2D eigenvalue weighted by Gasteiger charge is -2.34. The molecule has 1 aromatic rings. The van der Waals surface area contributed by atoms with Gasteiger partial charge in [0.25, 0.3) is 0 Å². The van der Waals surface area contributed by atoms with Crippen LogP contribution in [0, 0.1) is 0 Å². The molecular weight excluding hydrogens is 270 g/mol. The molecule has 1 saturated heterocycles. The number of amides is 1. The van der Waals surface area contributed by atoms with E-state index in [4.69, 9.17) is 10.5 Å². The number of para-hydroxylation sites is 1. The minimum atomic E-state index is -0.520. The second kappa shape index (κ2) is 7.97. The Morgan fingerprint density at radius 2 is 1.81 bits per heavy atom. The third kappa shape index (κ3) is 5.71. The minimum absolute atomic E-state index is 0.283. The Morgan fingerprint density at radius 1 is 1.19 bits per heavy atom. The van der Waals surface area contributed by atoms with Gasteiger partial charge in [-0.05, 0) is 12.1 Å². The van der Waals surface area contributed by atoms with Crippen molar-refractivity contribution < 1.29 is 14.6 Å². The number of carbonyl (C=O) groups excluding carboxylic acids is 1. The zero-order chi connectivity index (χ0) is 15.1. The summed E-state index contributed by atoms with van der Waals surface area (Å²) in [7, 11) is 0. The second-order valence-electron chi connectivity index (χ2n) is 5.32. The molecule has 0 aliphatic carbocycles. The van der Waals surface area contributed by atoms with E-state index < -0.39 is 6.10 Å². The number of ether oxygens (including phenoxy) is 1. The van der Waals surface area contributed by atoms with E-state index in [1.165, 1.54) is 0 Å². The number of nitrogens with two attached hydrogens (primary N) is 1. The van der Waals surface area contributed by atoms with Crippen molar-refractivity contribution in [3.63, 3.8) is 0 Å². The topological polar surface area (TPSA) is 79.0 Å². The van der Waals surface area contributed by atoms with Crippen LogP contribution in [0.1, 0.15) is 0 Å². The summed E-state index contributed by atoms with van der Waals surface area (Å²) < 4.78 is 5.53. The summed E-state index contributed by atoms with van der Waals surface area (Å²) in [5.74, 6) is 0.475. The molecule has 1 amide bonds. The van der Waals surface area contributed by atoms with E-state index in [-0.39, 0.29) is 12.5 Å². The maximum atomic E-state index is 10.9. The van der Waals surface area contributed by atoms with Gasteiger partial charge in [-0.2, -0.15) is 0 Å². The molecule has 0 bridgehead atoms. The van der Waals surface area contributed by atoms with Crippen LogP contribution in [0.2, 0.25) is 0 Å². The van der Waals surface area contributed by atoms with Crippen molar-refractivity contribution in [2.45, 2.75) is 6.10 Å². The maximum Gasteiger partial charge on any atom is 0.231 e. The van der Waals surface area contributed by atoms with Crippen molar-refractivity contribution in [3.8, 4) is 5.75 Å². The third-order valence-corrected chi connectivity index (χ3v) is 3.50. The molecule has 0 saturated carbocycles. The van der Waals surface area contributed by atoms with E-state index in [0.717, 1.165) is 31.9 Å². The van der Waals surface area contributed by atoms with Crippen LogP contribution in [-0.4, -0.2) is 72.8 Å². The number of hydrogen-bond acceptors (Lipinski definition) is 5. The number of hydrogen-bond donors (Lipinski definition) is 2. The van der Waals surface area contributed by atoms with Crippen molar-refractivity contribution >= 4 is 5.91 Å². The van der Waals surface area contributed by atoms with Crippen molar-refractivity contribution in [2.24, 2.45) is 5.73 Å². The van der Waals surface area contributed by atoms with Crippen molar-refractivity contribution in [2.75, 3.05) is 45.9 Å². The van der Waals surface area contributed by atoms with Crippen molar-refractivity contribution in [1.82, 2.24) is 9.80 Å². The summed E-state index contributed by atoms with van der Waals surface area (Å²) >= 11 is 0. The first-order valence-corrected chi connectivity index (χ1v) is 7.22. The first kappa shape index (κ1) is 15.8. The average molecular weight is 293 g/mol. The molecule has 6 nitrogen and oxygen atoms in total. The molecule has 1 fully saturated rings. The van der Waals surface area contributed by atoms with Gasteiger partial charge < -0.3 is 15.6 Å². The lowest BCUT2D eigenvalue weighted by molar-refractivity contribution is -0.119. The standard InChI is InChI=1S/C15H23N3O3/c16-15(20)11-18-8-6-17(7-9-18)10-13(19)12-21-14-4-2-1-3-5-14/h1-5,13,19H,6-12H2,(H2,16,20)/t13-/m1/s1. The number of aliphatic hydroxyl groups is 1. The second-order valence-corrected chi connectivity index (χ2v) is 5.32. The fourth-order valence-electron chi connectivity index (χ4n) is 2.41. The van der Waals surface area contributed by atoms with Crippen LogP contribution in [0.4, 0.5) is 0 Å². The summed E-state index contributed by atoms with van der Waals surface area (Å²) in [5, 5.41) is 10.0. The van der Waals surface area contributed by atoms with Gasteiger partial charge in [0.05, 0.1) is 6.54 Å². The van der Waals surface area contributed by atoms with Crippen molar-refractivity contribution in [3.05, 3.63) is 30.3 Å². The summed E-state index contributed by atoms with van der Waals surface area (Å²) in [6.07, 6.45) is -0.520. The Kier molecular flexibility index (Phi) is 5.98. The van der Waals surface area contributed by atoms with Gasteiger partial charge in [-0.15, -0.1) is 0 Å². The molecule has 6 heteroatoms. The number of rotatable bonds is 7. The smallest absolute Gasteiger partial charge is 0.231 e. The SMILES string of the molecule is NC(=O)CN1CCN(C[C@@H](O)COc2ccccc2)CC1. The highest BCUT2D eigenvalue weighted by molar-refractivity contribution is 5.75. The predicted molar refractivity (Wildman–Crippen MR) is 80.0 cm³/mol. The Hall–Kier alpha value is -1.63. The van der Waals surface area contributed by atoms with Gasteiger partial charge in [0.15, 0.2) is 0 Å². The molecule has 0 spiro atoms. The number of carbonyl (C=O) groups is 1. The molecule has 116 valence electrons. The molecule has 1 aliphatic rings. The number of piperazine rings is 1. The Bertz CT molecular complexity index is 433. The number of primary amides is 1. The lowest BCUT2D eigenvalue weighted by atomic mass is 10.2. The fraction of sp³-hybridized carbons (Fsp3) is 0.533. The number of nitrogens with zero attached hydrogens (tertiary/aromatic N) is 2. The largest absolute Gasteiger partial charge is 0.491 e. The molecule has 1 heterocycles. The molecule has 1 aliphatic heterocycles. The van der Waals surface area contributed by atoms with E-state index in [9.17, 15) is 9.90 Å². The van der Waals surface area contributed by atoms with Crippen LogP contribution in [0.5, 0.6) is 5.75 Å². The average Bonchev–Trinajstić information content (AvgIpc) is 2.48. The van der Waals surface area contributed by atoms with E-state index in [1.807, 2.05) is 35.2 Å². The zero-order valence-electron chi connectivity index (χ0n) is 12.1. The van der Waals surface area contributed by atoms with Gasteiger partial charge >= 0.3 is 0 Å². The van der Waals surface area contributed by atoms with Crippen molar-refractivity contribution in [1.29, 1.82) is 0 Å². The molecular formula is C15H23N3O3. The van der Waals surface area contributed by atoms with E-state index in [1.54, 1.807) is 0 Å². The molecule has 2 rings (SSSR count). The quantitative estimate of drug-likeness (QED) is 0.710. The summed E-state index contributed by atoms with van der Waals surface area (Å²) in [4.78, 5) is 15.1. The number of aliphatic hydroxyl groups excluding tert-OH is 1. The van der Waals surface area contributed by atoms with Gasteiger partial charge in [-0.3, -0.25) is 14.6 Å². The molecule has 3 N–H and O–H groups in total. The zero-order valence-corrected chi connectivity index (χ0v) is 12.1.